The quantitative estimate of drug-likeness (QED) is 0.198. The summed E-state index contributed by atoms with van der Waals surface area (Å²) in [6, 6.07) is 6.57. The van der Waals surface area contributed by atoms with E-state index in [0.717, 1.165) is 5.56 Å². The lowest BCUT2D eigenvalue weighted by Crippen LogP contribution is -2.66. The van der Waals surface area contributed by atoms with Crippen LogP contribution in [0.5, 0.6) is 0 Å². The summed E-state index contributed by atoms with van der Waals surface area (Å²) in [5.74, 6) is -3.95. The van der Waals surface area contributed by atoms with Gasteiger partial charge in [0.1, 0.15) is 0 Å². The second-order valence-corrected chi connectivity index (χ2v) is 9.63. The minimum atomic E-state index is -1.15. The number of ether oxygens (including phenoxy) is 2. The zero-order valence-corrected chi connectivity index (χ0v) is 19.8. The van der Waals surface area contributed by atoms with Crippen LogP contribution in [0.3, 0.4) is 0 Å². The Bertz CT molecular complexity index is 849. The van der Waals surface area contributed by atoms with E-state index >= 15 is 0 Å². The Morgan fingerprint density at radius 2 is 1.77 bits per heavy atom. The predicted molar refractivity (Wildman–Crippen MR) is 119 cm³/mol. The Kier molecular flexibility index (Phi) is 8.19. The first-order chi connectivity index (χ1) is 14.3. The van der Waals surface area contributed by atoms with Crippen LogP contribution in [-0.4, -0.2) is 46.8 Å². The van der Waals surface area contributed by atoms with Crippen LogP contribution in [0, 0.1) is 23.2 Å². The Labute approximate surface area is 192 Å². The summed E-state index contributed by atoms with van der Waals surface area (Å²) in [5, 5.41) is 13.6. The highest BCUT2D eigenvalue weighted by molar-refractivity contribution is 7.80. The van der Waals surface area contributed by atoms with Gasteiger partial charge in [-0.15, -0.1) is 0 Å². The van der Waals surface area contributed by atoms with E-state index < -0.39 is 48.1 Å². The molecule has 1 fully saturated rings. The Morgan fingerprint density at radius 1 is 1.19 bits per heavy atom. The van der Waals surface area contributed by atoms with Crippen molar-refractivity contribution in [1.29, 1.82) is 0 Å². The fraction of sp³-hybridized carbons (Fsp3) is 0.545. The zero-order valence-electron chi connectivity index (χ0n) is 18.2. The third-order valence-corrected chi connectivity index (χ3v) is 6.12. The molecule has 1 aliphatic heterocycles. The van der Waals surface area contributed by atoms with E-state index in [1.165, 1.54) is 6.92 Å². The largest absolute Gasteiger partial charge is 0.428 e. The number of thiocarbonyl (C=S) groups is 1. The van der Waals surface area contributed by atoms with E-state index in [1.807, 2.05) is 6.92 Å². The topological polar surface area (TPSA) is 102 Å². The van der Waals surface area contributed by atoms with Crippen LogP contribution in [-0.2, 0) is 23.9 Å². The minimum Gasteiger partial charge on any atom is -0.428 e. The molecule has 0 aromatic heterocycles. The molecule has 2 rings (SSSR count). The van der Waals surface area contributed by atoms with Crippen molar-refractivity contribution >= 4 is 46.5 Å². The van der Waals surface area contributed by atoms with Crippen LogP contribution < -0.4 is 5.32 Å². The van der Waals surface area contributed by atoms with Crippen LogP contribution in [0.25, 0.3) is 0 Å². The van der Waals surface area contributed by atoms with Crippen LogP contribution in [0.15, 0.2) is 24.3 Å². The molecule has 9 heteroatoms. The maximum atomic E-state index is 12.6. The summed E-state index contributed by atoms with van der Waals surface area (Å²) in [6.45, 7) is 7.69. The molecule has 2 N–H and O–H groups in total. The molecular weight excluding hydrogens is 442 g/mol. The molecule has 0 bridgehead atoms. The van der Waals surface area contributed by atoms with Crippen molar-refractivity contribution in [2.24, 2.45) is 23.2 Å². The van der Waals surface area contributed by atoms with Crippen molar-refractivity contribution in [2.45, 2.75) is 46.8 Å². The lowest BCUT2D eigenvalue weighted by molar-refractivity contribution is -0.182. The number of aliphatic hydroxyl groups is 1. The van der Waals surface area contributed by atoms with Crippen molar-refractivity contribution in [3.63, 3.8) is 0 Å². The lowest BCUT2D eigenvalue weighted by atomic mass is 9.71. The van der Waals surface area contributed by atoms with Crippen LogP contribution >= 0.6 is 23.8 Å². The molecule has 0 aliphatic carbocycles. The molecule has 7 nitrogen and oxygen atoms in total. The third kappa shape index (κ3) is 6.02. The lowest BCUT2D eigenvalue weighted by Gasteiger charge is -2.44. The van der Waals surface area contributed by atoms with Crippen molar-refractivity contribution in [3.05, 3.63) is 34.9 Å². The summed E-state index contributed by atoms with van der Waals surface area (Å²) in [5.41, 5.74) is 0.0408. The van der Waals surface area contributed by atoms with Gasteiger partial charge in [-0.1, -0.05) is 42.9 Å². The van der Waals surface area contributed by atoms with Crippen LogP contribution in [0.1, 0.15) is 40.2 Å². The van der Waals surface area contributed by atoms with Gasteiger partial charge in [0.25, 0.3) is 0 Å². The molecule has 31 heavy (non-hydrogen) atoms. The van der Waals surface area contributed by atoms with Gasteiger partial charge in [-0.05, 0) is 45.4 Å². The molecule has 1 aromatic carbocycles. The molecule has 1 amide bonds. The van der Waals surface area contributed by atoms with Crippen LogP contribution in [0.4, 0.5) is 0 Å². The predicted octanol–water partition coefficient (Wildman–Crippen LogP) is 2.90. The summed E-state index contributed by atoms with van der Waals surface area (Å²) in [4.78, 5) is 37.4. The summed E-state index contributed by atoms with van der Waals surface area (Å²) in [6.07, 6.45) is -1.15. The average Bonchev–Trinajstić information content (AvgIpc) is 2.68. The fourth-order valence-electron chi connectivity index (χ4n) is 3.38. The van der Waals surface area contributed by atoms with Gasteiger partial charge in [-0.2, -0.15) is 0 Å². The van der Waals surface area contributed by atoms with Gasteiger partial charge in [-0.25, -0.2) is 0 Å². The SMILES string of the molecule is CC(C(=S)c1ccc(Cl)cc1)[C@H]1NC(=O)[C@H]1C(C(=O)OCOC(=O)C(C)(C)C)[C@@H](C)O. The van der Waals surface area contributed by atoms with E-state index in [9.17, 15) is 19.5 Å². The van der Waals surface area contributed by atoms with Gasteiger partial charge in [-0.3, -0.25) is 14.4 Å². The van der Waals surface area contributed by atoms with Crippen molar-refractivity contribution in [2.75, 3.05) is 6.79 Å². The van der Waals surface area contributed by atoms with Gasteiger partial charge in [0, 0.05) is 21.8 Å². The average molecular weight is 470 g/mol. The molecule has 1 aliphatic rings. The second-order valence-electron chi connectivity index (χ2n) is 8.75. The molecule has 1 saturated heterocycles. The normalized spacial score (nSPS) is 21.2. The third-order valence-electron chi connectivity index (χ3n) is 5.26. The Hall–Kier alpha value is -2.03. The first-order valence-electron chi connectivity index (χ1n) is 9.96. The van der Waals surface area contributed by atoms with Gasteiger partial charge < -0.3 is 19.9 Å². The van der Waals surface area contributed by atoms with Gasteiger partial charge in [0.05, 0.1) is 23.4 Å². The van der Waals surface area contributed by atoms with Crippen LogP contribution in [0.2, 0.25) is 5.02 Å². The van der Waals surface area contributed by atoms with Crippen molar-refractivity contribution in [1.82, 2.24) is 5.32 Å². The number of carbonyl (C=O) groups is 3. The van der Waals surface area contributed by atoms with Crippen molar-refractivity contribution < 1.29 is 29.0 Å². The molecule has 1 heterocycles. The fourth-order valence-corrected chi connectivity index (χ4v) is 3.79. The molecule has 2 unspecified atom stereocenters. The number of aliphatic hydroxyl groups excluding tert-OH is 1. The van der Waals surface area contributed by atoms with E-state index in [-0.39, 0.29) is 11.8 Å². The number of hydrogen-bond donors (Lipinski definition) is 2. The van der Waals surface area contributed by atoms with Gasteiger partial charge in [0.15, 0.2) is 0 Å². The zero-order chi connectivity index (χ0) is 23.5. The standard InChI is InChI=1S/C22H28ClNO6S/c1-11(18(31)13-6-8-14(23)9-7-13)17-16(19(26)24-17)15(12(2)25)20(27)29-10-30-21(28)22(3,4)5/h6-9,11-12,15-17,25H,10H2,1-5H3,(H,24,26)/t11?,12-,15?,16+,17-/m1/s1. The molecule has 170 valence electrons. The highest BCUT2D eigenvalue weighted by Gasteiger charge is 2.52. The van der Waals surface area contributed by atoms with E-state index in [0.29, 0.717) is 9.89 Å². The smallest absolute Gasteiger partial charge is 0.315 e. The van der Waals surface area contributed by atoms with E-state index in [2.05, 4.69) is 5.32 Å². The van der Waals surface area contributed by atoms with E-state index in [1.54, 1.807) is 45.0 Å². The maximum Gasteiger partial charge on any atom is 0.315 e. The molecule has 0 spiro atoms. The monoisotopic (exact) mass is 469 g/mol. The number of hydrogen-bond acceptors (Lipinski definition) is 7. The number of halogens is 1. The molecular formula is C22H28ClNO6S. The summed E-state index contributed by atoms with van der Waals surface area (Å²) in [7, 11) is 0. The molecule has 5 atom stereocenters. The maximum absolute atomic E-state index is 12.6. The molecule has 0 saturated carbocycles. The minimum absolute atomic E-state index is 0.286. The van der Waals surface area contributed by atoms with E-state index in [4.69, 9.17) is 33.3 Å². The first kappa shape index (κ1) is 25.2. The number of carbonyl (C=O) groups excluding carboxylic acids is 3. The van der Waals surface area contributed by atoms with Gasteiger partial charge in [0.2, 0.25) is 12.7 Å². The van der Waals surface area contributed by atoms with Gasteiger partial charge >= 0.3 is 11.9 Å². The number of esters is 2. The second kappa shape index (κ2) is 10.1. The van der Waals surface area contributed by atoms with Crippen molar-refractivity contribution in [3.8, 4) is 0 Å². The molecule has 0 radical (unpaired) electrons. The Balaban J connectivity index is 2.09. The molecule has 1 aromatic rings. The number of benzene rings is 1. The number of β-lactam (4-membered cyclic amide) rings is 1. The highest BCUT2D eigenvalue weighted by atomic mass is 35.5. The highest BCUT2D eigenvalue weighted by Crippen LogP contribution is 2.34. The first-order valence-corrected chi connectivity index (χ1v) is 10.7. The summed E-state index contributed by atoms with van der Waals surface area (Å²) < 4.78 is 10.0. The Morgan fingerprint density at radius 3 is 2.26 bits per heavy atom. The number of nitrogens with one attached hydrogen (secondary N) is 1. The summed E-state index contributed by atoms with van der Waals surface area (Å²) >= 11 is 11.5. The number of rotatable bonds is 8. The number of amides is 1.